The van der Waals surface area contributed by atoms with Crippen molar-refractivity contribution in [3.63, 3.8) is 0 Å². The van der Waals surface area contributed by atoms with Gasteiger partial charge in [0.05, 0.1) is 45.1 Å². The molecule has 10 N–H and O–H groups in total. The second-order valence-corrected chi connectivity index (χ2v) is 35.0. The number of para-hydroxylation sites is 2. The van der Waals surface area contributed by atoms with Crippen LogP contribution < -0.4 is 42.6 Å². The van der Waals surface area contributed by atoms with Gasteiger partial charge in [0.2, 0.25) is 29.5 Å². The average Bonchev–Trinajstić information content (AvgIpc) is 1.65. The van der Waals surface area contributed by atoms with Crippen LogP contribution in [0, 0.1) is 0 Å². The number of carboxylic acids is 1. The fourth-order valence-electron chi connectivity index (χ4n) is 19.6. The number of unbranched alkanes of at least 4 members (excludes halogenated alkanes) is 6. The van der Waals surface area contributed by atoms with Crippen molar-refractivity contribution in [1.29, 1.82) is 0 Å². The Kier molecular flexibility index (Phi) is 29.7. The molecule has 18 rings (SSSR count). The minimum Gasteiger partial charge on any atom is -0.481 e. The number of nitrogen functional groups attached to an aromatic ring is 2. The third-order valence-corrected chi connectivity index (χ3v) is 26.6. The number of benzene rings is 6. The molecule has 0 radical (unpaired) electrons. The van der Waals surface area contributed by atoms with Crippen LogP contribution in [0.5, 0.6) is 23.0 Å². The summed E-state index contributed by atoms with van der Waals surface area (Å²) in [6.45, 7) is 12.8. The van der Waals surface area contributed by atoms with Crippen LogP contribution in [-0.2, 0) is 41.6 Å². The van der Waals surface area contributed by atoms with Crippen molar-refractivity contribution in [2.45, 2.75) is 190 Å². The molecule has 2 unspecified atom stereocenters. The molecule has 10 aromatic rings. The molecule has 4 aromatic heterocycles. The first-order valence-corrected chi connectivity index (χ1v) is 46.2. The van der Waals surface area contributed by atoms with Crippen LogP contribution in [0.3, 0.4) is 0 Å². The number of nitrogens with two attached hydrogens (primary N) is 3. The van der Waals surface area contributed by atoms with Gasteiger partial charge in [-0.05, 0) is 218 Å². The highest BCUT2D eigenvalue weighted by atomic mass is 16.5. The molecule has 2 saturated carbocycles. The smallest absolute Gasteiger partial charge is 0.303 e. The lowest BCUT2D eigenvalue weighted by atomic mass is 9.90. The van der Waals surface area contributed by atoms with Gasteiger partial charge in [0.25, 0.3) is 23.6 Å². The highest BCUT2D eigenvalue weighted by molar-refractivity contribution is 6.25. The number of piperazine rings is 2. The van der Waals surface area contributed by atoms with E-state index in [4.69, 9.17) is 42.0 Å². The summed E-state index contributed by atoms with van der Waals surface area (Å²) in [5.74, 6) is -1.58. The summed E-state index contributed by atoms with van der Waals surface area (Å²) < 4.78 is 16.2. The van der Waals surface area contributed by atoms with Gasteiger partial charge in [-0.15, -0.1) is 0 Å². The van der Waals surface area contributed by atoms with Gasteiger partial charge in [-0.25, -0.2) is 29.3 Å². The van der Waals surface area contributed by atoms with Crippen molar-refractivity contribution in [2.75, 3.05) is 90.0 Å². The lowest BCUT2D eigenvalue weighted by Crippen LogP contribution is -2.54. The Morgan fingerprint density at radius 3 is 1.24 bits per heavy atom. The number of anilines is 2. The largest absolute Gasteiger partial charge is 0.481 e. The van der Waals surface area contributed by atoms with Crippen LogP contribution in [-0.4, -0.2) is 236 Å². The number of imide groups is 4. The zero-order chi connectivity index (χ0) is 91.0. The third kappa shape index (κ3) is 21.5. The van der Waals surface area contributed by atoms with Gasteiger partial charge in [-0.1, -0.05) is 86.3 Å². The minimum absolute atomic E-state index is 0.0513. The number of nitrogens with one attached hydrogen (secondary N) is 3. The molecule has 684 valence electrons. The van der Waals surface area contributed by atoms with E-state index >= 15 is 0 Å². The fourth-order valence-corrected chi connectivity index (χ4v) is 19.6. The molecule has 4 saturated heterocycles. The summed E-state index contributed by atoms with van der Waals surface area (Å²) in [6.07, 6.45) is 21.8. The van der Waals surface area contributed by atoms with Crippen LogP contribution >= 0.6 is 0 Å². The molecule has 2 aliphatic carbocycles. The number of carbonyl (C=O) groups excluding carboxylic acids is 9. The van der Waals surface area contributed by atoms with E-state index in [-0.39, 0.29) is 79.1 Å². The first-order chi connectivity index (χ1) is 63.8. The number of ether oxygens (including phenoxy) is 2. The molecule has 33 nitrogen and oxygen atoms in total. The van der Waals surface area contributed by atoms with E-state index in [0.717, 1.165) is 187 Å². The second kappa shape index (κ2) is 42.7. The van der Waals surface area contributed by atoms with Gasteiger partial charge in [0.15, 0.2) is 11.3 Å². The van der Waals surface area contributed by atoms with Crippen LogP contribution in [0.4, 0.5) is 11.6 Å². The number of fused-ring (bicyclic) bond motifs is 4. The number of aliphatic carboxylic acids is 1. The Morgan fingerprint density at radius 1 is 0.427 bits per heavy atom. The SMILES string of the molecule is NCCCCCCN1CCN(C2CCC(n3nc(-c4ccc(Oc5ccccc5)cc4)c4c(N)ncnc43)CC2)CC1.Nc1ncnc2c1c(-c1ccc(Oc3ccccc3)cc1)nn2C1CCC(N2CCN(CCCCCCNC(=O)CCc3cccc4c3C(=O)N(C3CCC(=O)NC3=O)C4=O)CC2)CC1.O=C(O)CCc1cccc2c1C(=O)N(C1CCC(=O)NC1=O)C2=O. The number of aryl methyl sites for hydroxylation is 2. The molecule has 2 atom stereocenters. The second-order valence-electron chi connectivity index (χ2n) is 35.0. The zero-order valence-electron chi connectivity index (χ0n) is 73.8. The molecule has 8 aliphatic rings. The summed E-state index contributed by atoms with van der Waals surface area (Å²) in [7, 11) is 0. The quantitative estimate of drug-likeness (QED) is 0.0157. The van der Waals surface area contributed by atoms with E-state index in [2.05, 4.69) is 64.8 Å². The van der Waals surface area contributed by atoms with E-state index < -0.39 is 65.3 Å². The molecular weight excluding hydrogens is 1670 g/mol. The predicted octanol–water partition coefficient (Wildman–Crippen LogP) is 11.3. The predicted molar refractivity (Wildman–Crippen MR) is 491 cm³/mol. The lowest BCUT2D eigenvalue weighted by Gasteiger charge is -2.42. The number of nitrogens with zero attached hydrogens (tertiary/aromatic N) is 14. The first-order valence-electron chi connectivity index (χ1n) is 46.2. The number of hydrogen-bond acceptors (Lipinski definition) is 25. The maximum Gasteiger partial charge on any atom is 0.303 e. The summed E-state index contributed by atoms with van der Waals surface area (Å²) in [4.78, 5) is 153. The van der Waals surface area contributed by atoms with Crippen molar-refractivity contribution in [1.82, 2.24) is 84.8 Å². The minimum atomic E-state index is -1.03. The highest BCUT2D eigenvalue weighted by Crippen LogP contribution is 2.42. The van der Waals surface area contributed by atoms with Crippen molar-refractivity contribution in [3.05, 3.63) is 192 Å². The van der Waals surface area contributed by atoms with Crippen molar-refractivity contribution in [3.8, 4) is 45.5 Å². The highest BCUT2D eigenvalue weighted by Gasteiger charge is 2.48. The molecule has 10 heterocycles. The van der Waals surface area contributed by atoms with Gasteiger partial charge in [0.1, 0.15) is 70.8 Å². The molecule has 0 spiro atoms. The molecule has 0 bridgehead atoms. The van der Waals surface area contributed by atoms with Crippen LogP contribution in [0.25, 0.3) is 44.6 Å². The van der Waals surface area contributed by atoms with E-state index in [0.29, 0.717) is 53.9 Å². The number of rotatable bonds is 31. The van der Waals surface area contributed by atoms with E-state index in [1.54, 1.807) is 36.7 Å². The molecule has 6 aromatic carbocycles. The Hall–Kier alpha value is -13.1. The molecule has 131 heavy (non-hydrogen) atoms. The van der Waals surface area contributed by atoms with Crippen LogP contribution in [0.1, 0.15) is 206 Å². The Balaban J connectivity index is 0.000000161. The van der Waals surface area contributed by atoms with E-state index in [1.165, 1.54) is 77.2 Å². The van der Waals surface area contributed by atoms with E-state index in [1.807, 2.05) is 109 Å². The summed E-state index contributed by atoms with van der Waals surface area (Å²) >= 11 is 0. The van der Waals surface area contributed by atoms with Gasteiger partial charge in [0, 0.05) is 108 Å². The van der Waals surface area contributed by atoms with Crippen LogP contribution in [0.15, 0.2) is 158 Å². The number of carboxylic acid groups (broad SMARTS) is 1. The standard InChI is InChI=1S/C49H56N10O6.C33H44N8O.C16H14N2O6/c50-45-43-44(33-13-20-37(21-14-33)65-36-10-4-3-5-11-36)55-59(46(43)53-31-52-45)35-18-16-34(17-19-35)57-29-27-56(28-30-57)26-7-2-1-6-25-51-40(60)23-15-32-9-8-12-38-42(32)49(64)58(48(38)63)39-22-24-41(61)54-47(39)62;34-18-6-1-2-7-19-39-20-22-40(23-21-39)26-12-14-27(15-13-26)41-33-30(32(35)36-24-37-33)31(38-41)25-10-16-29(17-11-25)42-28-8-4-3-5-9-28;19-11-6-5-10(14(22)17-11)18-15(23)9-3-1-2-8(4-7-12(20)21)13(9)16(18)24/h3-5,8-14,20-21,31,34-35,39H,1-2,6-7,15-19,22-30H2,(H,51,60)(H2,50,52,53)(H,54,61,62);3-5,8-11,16-17,24,26-27H,1-2,6-7,12-15,18-23,34H2,(H2,35,36,37);1-3,10H,4-7H2,(H,20,21)(H,17,19,22). The third-order valence-electron chi connectivity index (χ3n) is 26.6. The van der Waals surface area contributed by atoms with Crippen LogP contribution in [0.2, 0.25) is 0 Å². The summed E-state index contributed by atoms with van der Waals surface area (Å²) in [5, 5.41) is 28.0. The van der Waals surface area contributed by atoms with Gasteiger partial charge >= 0.3 is 5.97 Å². The average molecular weight is 1780 g/mol. The number of aromatic nitrogens is 8. The normalized spacial score (nSPS) is 20.4. The number of amides is 9. The lowest BCUT2D eigenvalue weighted by molar-refractivity contribution is -0.137. The monoisotopic (exact) mass is 1780 g/mol. The Morgan fingerprint density at radius 2 is 0.824 bits per heavy atom. The maximum absolute atomic E-state index is 13.4. The van der Waals surface area contributed by atoms with Crippen molar-refractivity contribution in [2.24, 2.45) is 5.73 Å². The summed E-state index contributed by atoms with van der Waals surface area (Å²) in [5.41, 5.74) is 25.5. The number of piperidine rings is 2. The molecule has 6 fully saturated rings. The van der Waals surface area contributed by atoms with Crippen molar-refractivity contribution >= 4 is 92.8 Å². The molecule has 6 aliphatic heterocycles. The Bertz CT molecular complexity index is 5780. The molecule has 33 heteroatoms. The number of carbonyl (C=O) groups is 10. The van der Waals surface area contributed by atoms with E-state index in [9.17, 15) is 47.9 Å². The Labute approximate surface area is 759 Å². The fraction of sp³-hybridized carbons (Fsp3) is 0.429. The van der Waals surface area contributed by atoms with Gasteiger partial charge in [-0.2, -0.15) is 10.2 Å². The zero-order valence-corrected chi connectivity index (χ0v) is 73.8. The van der Waals surface area contributed by atoms with Gasteiger partial charge in [-0.3, -0.25) is 78.2 Å². The topological polar surface area (TPSA) is 430 Å². The van der Waals surface area contributed by atoms with Gasteiger partial charge < -0.3 is 46.9 Å². The molecular formula is C98H114N20O13. The molecule has 9 amide bonds. The number of hydrogen-bond donors (Lipinski definition) is 7. The first kappa shape index (κ1) is 91.2. The maximum atomic E-state index is 13.4. The summed E-state index contributed by atoms with van der Waals surface area (Å²) in [6, 6.07) is 44.9. The van der Waals surface area contributed by atoms with Crippen molar-refractivity contribution < 1.29 is 62.5 Å².